The molecule has 43 heavy (non-hydrogen) atoms. The minimum absolute atomic E-state index is 0.0359. The summed E-state index contributed by atoms with van der Waals surface area (Å²) in [6.07, 6.45) is 9.74. The number of hydrogen-bond acceptors (Lipinski definition) is 11. The quantitative estimate of drug-likeness (QED) is 0.366. The van der Waals surface area contributed by atoms with Crippen molar-refractivity contribution in [3.05, 3.63) is 49.1 Å². The van der Waals surface area contributed by atoms with Crippen LogP contribution in [0.15, 0.2) is 49.1 Å². The van der Waals surface area contributed by atoms with E-state index in [0.717, 1.165) is 48.4 Å². The highest BCUT2D eigenvalue weighted by atomic mass is 16.6. The summed E-state index contributed by atoms with van der Waals surface area (Å²) in [6, 6.07) is 8.20. The molecule has 0 bridgehead atoms. The molecule has 2 fully saturated rings. The number of amides is 1. The first-order chi connectivity index (χ1) is 20.7. The Labute approximate surface area is 252 Å². The van der Waals surface area contributed by atoms with E-state index in [1.807, 2.05) is 45.0 Å². The first-order valence-corrected chi connectivity index (χ1v) is 14.8. The fraction of sp³-hybridized carbons (Fsp3) is 0.484. The molecule has 1 amide bonds. The largest absolute Gasteiger partial charge is 0.469 e. The van der Waals surface area contributed by atoms with E-state index in [1.54, 1.807) is 29.7 Å². The average molecular weight is 589 g/mol. The zero-order valence-electron chi connectivity index (χ0n) is 25.2. The highest BCUT2D eigenvalue weighted by Gasteiger charge is 2.28. The molecule has 1 saturated heterocycles. The van der Waals surface area contributed by atoms with E-state index < -0.39 is 5.60 Å². The summed E-state index contributed by atoms with van der Waals surface area (Å²) < 4.78 is 10.5. The number of hydrogen-bond donors (Lipinski definition) is 2. The molecule has 0 atom stereocenters. The van der Waals surface area contributed by atoms with Crippen molar-refractivity contribution in [1.82, 2.24) is 24.8 Å². The van der Waals surface area contributed by atoms with E-state index in [9.17, 15) is 9.59 Å². The predicted octanol–water partition coefficient (Wildman–Crippen LogP) is 4.88. The van der Waals surface area contributed by atoms with Gasteiger partial charge in [0.15, 0.2) is 0 Å². The second-order valence-corrected chi connectivity index (χ2v) is 11.9. The zero-order valence-corrected chi connectivity index (χ0v) is 25.2. The second kappa shape index (κ2) is 13.2. The lowest BCUT2D eigenvalue weighted by molar-refractivity contribution is -0.146. The predicted molar refractivity (Wildman–Crippen MR) is 164 cm³/mol. The van der Waals surface area contributed by atoms with Crippen LogP contribution in [-0.4, -0.2) is 81.8 Å². The zero-order chi connectivity index (χ0) is 30.4. The Bertz CT molecular complexity index is 1400. The molecule has 4 heterocycles. The van der Waals surface area contributed by atoms with Crippen LogP contribution >= 0.6 is 0 Å². The minimum Gasteiger partial charge on any atom is -0.469 e. The third-order valence-corrected chi connectivity index (χ3v) is 7.57. The first kappa shape index (κ1) is 30.0. The van der Waals surface area contributed by atoms with Gasteiger partial charge in [-0.3, -0.25) is 9.78 Å². The Morgan fingerprint density at radius 3 is 2.37 bits per heavy atom. The van der Waals surface area contributed by atoms with Crippen LogP contribution in [0.5, 0.6) is 0 Å². The van der Waals surface area contributed by atoms with E-state index in [-0.39, 0.29) is 24.0 Å². The number of anilines is 4. The van der Waals surface area contributed by atoms with Crippen LogP contribution in [0.1, 0.15) is 46.5 Å². The van der Waals surface area contributed by atoms with Gasteiger partial charge in [-0.05, 0) is 64.7 Å². The summed E-state index contributed by atoms with van der Waals surface area (Å²) in [4.78, 5) is 46.4. The molecule has 0 spiro atoms. The fourth-order valence-electron chi connectivity index (χ4n) is 5.39. The van der Waals surface area contributed by atoms with Crippen LogP contribution in [-0.2, 0) is 14.3 Å². The molecule has 0 aromatic carbocycles. The number of aromatic nitrogens is 4. The van der Waals surface area contributed by atoms with Crippen molar-refractivity contribution >= 4 is 35.2 Å². The van der Waals surface area contributed by atoms with Gasteiger partial charge in [0.2, 0.25) is 0 Å². The standard InChI is InChI=1S/C31H40N8O4/c1-31(2,3)43-30(41)39-15-13-38(14-16-39)28-17-22(9-10-34-28)25-18-24(19-26(36-25)37-27-20-32-11-12-33-27)35-23-7-5-21(6-8-23)29(40)42-4/h9-12,17-21,23H,5-8,13-16H2,1-4H3,(H2,33,35,36,37). The maximum atomic E-state index is 12.5. The average Bonchev–Trinajstić information content (AvgIpc) is 3.01. The lowest BCUT2D eigenvalue weighted by atomic mass is 9.86. The molecule has 12 heteroatoms. The molecule has 2 N–H and O–H groups in total. The molecule has 1 aliphatic heterocycles. The minimum atomic E-state index is -0.524. The molecular formula is C31H40N8O4. The normalized spacial score (nSPS) is 19.0. The third kappa shape index (κ3) is 8.08. The molecule has 3 aromatic rings. The maximum absolute atomic E-state index is 12.5. The van der Waals surface area contributed by atoms with E-state index in [1.165, 1.54) is 7.11 Å². The number of piperazine rings is 1. The van der Waals surface area contributed by atoms with E-state index >= 15 is 0 Å². The van der Waals surface area contributed by atoms with Gasteiger partial charge in [-0.1, -0.05) is 0 Å². The number of esters is 1. The van der Waals surface area contributed by atoms with Gasteiger partial charge in [-0.15, -0.1) is 0 Å². The van der Waals surface area contributed by atoms with Gasteiger partial charge in [0, 0.05) is 68.1 Å². The summed E-state index contributed by atoms with van der Waals surface area (Å²) in [5, 5.41) is 6.93. The summed E-state index contributed by atoms with van der Waals surface area (Å²) in [5.41, 5.74) is 2.08. The molecule has 5 rings (SSSR count). The number of nitrogens with zero attached hydrogens (tertiary/aromatic N) is 6. The van der Waals surface area contributed by atoms with Crippen molar-refractivity contribution in [2.24, 2.45) is 5.92 Å². The van der Waals surface area contributed by atoms with E-state index in [2.05, 4.69) is 30.5 Å². The van der Waals surface area contributed by atoms with Gasteiger partial charge >= 0.3 is 12.1 Å². The van der Waals surface area contributed by atoms with Crippen molar-refractivity contribution in [3.63, 3.8) is 0 Å². The number of pyridine rings is 2. The highest BCUT2D eigenvalue weighted by molar-refractivity contribution is 5.73. The van der Waals surface area contributed by atoms with E-state index in [0.29, 0.717) is 37.8 Å². The topological polar surface area (TPSA) is 135 Å². The number of nitrogens with one attached hydrogen (secondary N) is 2. The lowest BCUT2D eigenvalue weighted by Gasteiger charge is -2.36. The van der Waals surface area contributed by atoms with Crippen molar-refractivity contribution in [1.29, 1.82) is 0 Å². The Morgan fingerprint density at radius 2 is 1.70 bits per heavy atom. The Kier molecular flexibility index (Phi) is 9.22. The van der Waals surface area contributed by atoms with Gasteiger partial charge in [0.1, 0.15) is 23.1 Å². The number of carbonyl (C=O) groups is 2. The third-order valence-electron chi connectivity index (χ3n) is 7.57. The Morgan fingerprint density at radius 1 is 0.930 bits per heavy atom. The molecular weight excluding hydrogens is 548 g/mol. The van der Waals surface area contributed by atoms with Gasteiger partial charge in [0.05, 0.1) is 24.9 Å². The van der Waals surface area contributed by atoms with Gasteiger partial charge in [-0.25, -0.2) is 19.7 Å². The maximum Gasteiger partial charge on any atom is 0.410 e. The number of ether oxygens (including phenoxy) is 2. The van der Waals surface area contributed by atoms with Crippen molar-refractivity contribution in [2.45, 2.75) is 58.1 Å². The summed E-state index contributed by atoms with van der Waals surface area (Å²) in [7, 11) is 1.45. The van der Waals surface area contributed by atoms with Crippen molar-refractivity contribution < 1.29 is 19.1 Å². The molecule has 2 aliphatic rings. The first-order valence-electron chi connectivity index (χ1n) is 14.8. The summed E-state index contributed by atoms with van der Waals surface area (Å²) >= 11 is 0. The van der Waals surface area contributed by atoms with Crippen LogP contribution in [0.2, 0.25) is 0 Å². The van der Waals surface area contributed by atoms with Crippen LogP contribution in [0.25, 0.3) is 11.3 Å². The Balaban J connectivity index is 1.33. The molecule has 3 aromatic heterocycles. The van der Waals surface area contributed by atoms with Gasteiger partial charge in [-0.2, -0.15) is 0 Å². The second-order valence-electron chi connectivity index (χ2n) is 11.9. The van der Waals surface area contributed by atoms with Crippen LogP contribution in [0.4, 0.5) is 27.9 Å². The number of methoxy groups -OCH3 is 1. The highest BCUT2D eigenvalue weighted by Crippen LogP contribution is 2.31. The molecule has 0 radical (unpaired) electrons. The number of rotatable bonds is 7. The summed E-state index contributed by atoms with van der Waals surface area (Å²) in [5.74, 6) is 1.89. The van der Waals surface area contributed by atoms with Crippen LogP contribution in [0, 0.1) is 5.92 Å². The van der Waals surface area contributed by atoms with Gasteiger partial charge < -0.3 is 29.9 Å². The smallest absolute Gasteiger partial charge is 0.410 e. The monoisotopic (exact) mass is 588 g/mol. The number of carbonyl (C=O) groups excluding carboxylic acids is 2. The van der Waals surface area contributed by atoms with Crippen LogP contribution < -0.4 is 15.5 Å². The molecule has 228 valence electrons. The molecule has 0 unspecified atom stereocenters. The fourth-order valence-corrected chi connectivity index (χ4v) is 5.39. The van der Waals surface area contributed by atoms with Gasteiger partial charge in [0.25, 0.3) is 0 Å². The summed E-state index contributed by atoms with van der Waals surface area (Å²) in [6.45, 7) is 8.04. The molecule has 1 saturated carbocycles. The molecule has 1 aliphatic carbocycles. The van der Waals surface area contributed by atoms with Crippen molar-refractivity contribution in [2.75, 3.05) is 48.8 Å². The van der Waals surface area contributed by atoms with Crippen molar-refractivity contribution in [3.8, 4) is 11.3 Å². The molecule has 12 nitrogen and oxygen atoms in total. The Hall–Kier alpha value is -4.48. The SMILES string of the molecule is COC(=O)C1CCC(Nc2cc(Nc3cnccn3)nc(-c3ccnc(N4CCN(C(=O)OC(C)(C)C)CC4)c3)c2)CC1. The lowest BCUT2D eigenvalue weighted by Crippen LogP contribution is -2.50. The van der Waals surface area contributed by atoms with E-state index in [4.69, 9.17) is 14.5 Å². The van der Waals surface area contributed by atoms with Crippen LogP contribution in [0.3, 0.4) is 0 Å².